The highest BCUT2D eigenvalue weighted by molar-refractivity contribution is 7.80. The Hall–Kier alpha value is -0.540. The highest BCUT2D eigenvalue weighted by Gasteiger charge is 2.08. The number of hydrogen-bond donors (Lipinski definition) is 2. The number of nitrogens with two attached hydrogens (primary N) is 1. The number of hydrogen-bond acceptors (Lipinski definition) is 2. The van der Waals surface area contributed by atoms with Gasteiger partial charge < -0.3 is 5.73 Å². The van der Waals surface area contributed by atoms with Crippen LogP contribution in [0.15, 0.2) is 24.3 Å². The highest BCUT2D eigenvalue weighted by atomic mass is 32.1. The van der Waals surface area contributed by atoms with Crippen molar-refractivity contribution in [1.82, 2.24) is 0 Å². The largest absolute Gasteiger partial charge is 0.324 e. The Balaban J connectivity index is 2.79. The first-order valence-corrected chi connectivity index (χ1v) is 4.50. The van der Waals surface area contributed by atoms with Gasteiger partial charge in [0.2, 0.25) is 0 Å². The first-order valence-electron chi connectivity index (χ1n) is 3.86. The van der Waals surface area contributed by atoms with Crippen LogP contribution in [0.3, 0.4) is 0 Å². The van der Waals surface area contributed by atoms with E-state index >= 15 is 0 Å². The summed E-state index contributed by atoms with van der Waals surface area (Å²) in [6.07, 6.45) is 0.698. The summed E-state index contributed by atoms with van der Waals surface area (Å²) < 4.78 is 13.1. The molecule has 1 unspecified atom stereocenters. The van der Waals surface area contributed by atoms with E-state index in [0.717, 1.165) is 0 Å². The van der Waals surface area contributed by atoms with Gasteiger partial charge in [0.1, 0.15) is 5.82 Å². The van der Waals surface area contributed by atoms with Crippen molar-refractivity contribution in [3.8, 4) is 0 Å². The zero-order chi connectivity index (χ0) is 8.97. The van der Waals surface area contributed by atoms with Crippen molar-refractivity contribution < 1.29 is 4.39 Å². The molecular formula is C9H12FNS. The Labute approximate surface area is 77.2 Å². The molecule has 12 heavy (non-hydrogen) atoms. The molecule has 0 bridgehead atoms. The highest BCUT2D eigenvalue weighted by Crippen LogP contribution is 2.17. The molecule has 0 spiro atoms. The molecule has 0 heterocycles. The lowest BCUT2D eigenvalue weighted by molar-refractivity contribution is 0.577. The van der Waals surface area contributed by atoms with Crippen LogP contribution in [0.2, 0.25) is 0 Å². The van der Waals surface area contributed by atoms with E-state index in [1.165, 1.54) is 6.07 Å². The van der Waals surface area contributed by atoms with Crippen LogP contribution < -0.4 is 5.73 Å². The Morgan fingerprint density at radius 3 is 2.67 bits per heavy atom. The molecule has 0 aliphatic heterocycles. The molecule has 0 saturated carbocycles. The second-order valence-electron chi connectivity index (χ2n) is 2.64. The lowest BCUT2D eigenvalue weighted by atomic mass is 10.1. The zero-order valence-corrected chi connectivity index (χ0v) is 7.60. The monoisotopic (exact) mass is 185 g/mol. The van der Waals surface area contributed by atoms with E-state index < -0.39 is 0 Å². The van der Waals surface area contributed by atoms with E-state index in [9.17, 15) is 4.39 Å². The minimum Gasteiger partial charge on any atom is -0.324 e. The van der Waals surface area contributed by atoms with E-state index in [2.05, 4.69) is 12.6 Å². The van der Waals surface area contributed by atoms with Gasteiger partial charge in [-0.3, -0.25) is 0 Å². The third-order valence-electron chi connectivity index (χ3n) is 1.74. The molecule has 0 radical (unpaired) electrons. The fraction of sp³-hybridized carbons (Fsp3) is 0.333. The van der Waals surface area contributed by atoms with Gasteiger partial charge in [0, 0.05) is 11.6 Å². The summed E-state index contributed by atoms with van der Waals surface area (Å²) in [7, 11) is 0. The molecule has 1 atom stereocenters. The smallest absolute Gasteiger partial charge is 0.127 e. The quantitative estimate of drug-likeness (QED) is 0.693. The second kappa shape index (κ2) is 4.48. The first kappa shape index (κ1) is 9.55. The third-order valence-corrected chi connectivity index (χ3v) is 2.00. The van der Waals surface area contributed by atoms with Crippen molar-refractivity contribution in [2.45, 2.75) is 12.5 Å². The number of rotatable bonds is 3. The van der Waals surface area contributed by atoms with Gasteiger partial charge in [0.15, 0.2) is 0 Å². The maximum absolute atomic E-state index is 13.1. The molecular weight excluding hydrogens is 173 g/mol. The third kappa shape index (κ3) is 2.22. The normalized spacial score (nSPS) is 12.9. The van der Waals surface area contributed by atoms with Crippen LogP contribution in [-0.4, -0.2) is 5.75 Å². The summed E-state index contributed by atoms with van der Waals surface area (Å²) in [5.74, 6) is 0.446. The van der Waals surface area contributed by atoms with Crippen LogP contribution in [0.25, 0.3) is 0 Å². The summed E-state index contributed by atoms with van der Waals surface area (Å²) in [5, 5.41) is 0. The van der Waals surface area contributed by atoms with Gasteiger partial charge >= 0.3 is 0 Å². The standard InChI is InChI=1S/C9H12FNS/c10-8-4-2-1-3-7(8)9(11)5-6-12/h1-4,9,12H,5-6,11H2. The Morgan fingerprint density at radius 2 is 2.08 bits per heavy atom. The Bertz CT molecular complexity index is 252. The van der Waals surface area contributed by atoms with Crippen molar-refractivity contribution in [2.24, 2.45) is 5.73 Å². The molecule has 1 nitrogen and oxygen atoms in total. The van der Waals surface area contributed by atoms with Gasteiger partial charge in [-0.1, -0.05) is 18.2 Å². The number of thiol groups is 1. The summed E-state index contributed by atoms with van der Waals surface area (Å²) >= 11 is 4.04. The van der Waals surface area contributed by atoms with Crippen LogP contribution >= 0.6 is 12.6 Å². The predicted octanol–water partition coefficient (Wildman–Crippen LogP) is 2.15. The van der Waals surface area contributed by atoms with Gasteiger partial charge in [0.05, 0.1) is 0 Å². The van der Waals surface area contributed by atoms with E-state index in [1.54, 1.807) is 18.2 Å². The van der Waals surface area contributed by atoms with Crippen LogP contribution in [0.5, 0.6) is 0 Å². The van der Waals surface area contributed by atoms with Gasteiger partial charge in [0.25, 0.3) is 0 Å². The van der Waals surface area contributed by atoms with Gasteiger partial charge in [-0.05, 0) is 18.2 Å². The van der Waals surface area contributed by atoms with E-state index in [1.807, 2.05) is 0 Å². The summed E-state index contributed by atoms with van der Waals surface area (Å²) in [4.78, 5) is 0. The molecule has 0 fully saturated rings. The minimum atomic E-state index is -0.233. The van der Waals surface area contributed by atoms with Crippen molar-refractivity contribution in [3.63, 3.8) is 0 Å². The van der Waals surface area contributed by atoms with Crippen LogP contribution in [0, 0.1) is 5.82 Å². The van der Waals surface area contributed by atoms with E-state index in [0.29, 0.717) is 17.7 Å². The molecule has 0 aliphatic rings. The number of halogens is 1. The van der Waals surface area contributed by atoms with E-state index in [4.69, 9.17) is 5.73 Å². The van der Waals surface area contributed by atoms with Crippen LogP contribution in [0.4, 0.5) is 4.39 Å². The fourth-order valence-corrected chi connectivity index (χ4v) is 1.35. The minimum absolute atomic E-state index is 0.230. The molecule has 0 amide bonds. The average molecular weight is 185 g/mol. The molecule has 2 N–H and O–H groups in total. The molecule has 1 rings (SSSR count). The lowest BCUT2D eigenvalue weighted by Crippen LogP contribution is -2.12. The van der Waals surface area contributed by atoms with Gasteiger partial charge in [-0.2, -0.15) is 12.6 Å². The molecule has 0 saturated heterocycles. The van der Waals surface area contributed by atoms with Crippen LogP contribution in [0.1, 0.15) is 18.0 Å². The zero-order valence-electron chi connectivity index (χ0n) is 6.70. The molecule has 1 aromatic rings. The molecule has 3 heteroatoms. The van der Waals surface area contributed by atoms with Crippen LogP contribution in [-0.2, 0) is 0 Å². The maximum Gasteiger partial charge on any atom is 0.127 e. The van der Waals surface area contributed by atoms with Crippen molar-refractivity contribution in [1.29, 1.82) is 0 Å². The van der Waals surface area contributed by atoms with Crippen molar-refractivity contribution >= 4 is 12.6 Å². The Morgan fingerprint density at radius 1 is 1.42 bits per heavy atom. The summed E-state index contributed by atoms with van der Waals surface area (Å²) in [6, 6.07) is 6.35. The average Bonchev–Trinajstić information content (AvgIpc) is 2.05. The first-order chi connectivity index (χ1) is 5.75. The van der Waals surface area contributed by atoms with E-state index in [-0.39, 0.29) is 11.9 Å². The maximum atomic E-state index is 13.1. The topological polar surface area (TPSA) is 26.0 Å². The second-order valence-corrected chi connectivity index (χ2v) is 3.09. The Kier molecular flexibility index (Phi) is 3.56. The molecule has 0 aromatic heterocycles. The summed E-state index contributed by atoms with van der Waals surface area (Å²) in [6.45, 7) is 0. The molecule has 1 aromatic carbocycles. The molecule has 66 valence electrons. The lowest BCUT2D eigenvalue weighted by Gasteiger charge is -2.10. The van der Waals surface area contributed by atoms with Gasteiger partial charge in [-0.25, -0.2) is 4.39 Å². The molecule has 0 aliphatic carbocycles. The fourth-order valence-electron chi connectivity index (χ4n) is 1.07. The van der Waals surface area contributed by atoms with Crippen molar-refractivity contribution in [2.75, 3.05) is 5.75 Å². The van der Waals surface area contributed by atoms with Crippen molar-refractivity contribution in [3.05, 3.63) is 35.6 Å². The van der Waals surface area contributed by atoms with Gasteiger partial charge in [-0.15, -0.1) is 0 Å². The summed E-state index contributed by atoms with van der Waals surface area (Å²) in [5.41, 5.74) is 6.29. The predicted molar refractivity (Wildman–Crippen MR) is 51.8 cm³/mol. The SMILES string of the molecule is NC(CCS)c1ccccc1F. The number of benzene rings is 1.